The molecule has 7 nitrogen and oxygen atoms in total. The number of aryl methyl sites for hydroxylation is 1. The second-order valence-corrected chi connectivity index (χ2v) is 7.83. The molecular weight excluding hydrogens is 504 g/mol. The molecule has 0 atom stereocenters. The molecule has 0 aliphatic rings. The van der Waals surface area contributed by atoms with Crippen LogP contribution < -0.4 is 10.2 Å². The third-order valence-corrected chi connectivity index (χ3v) is 5.02. The van der Waals surface area contributed by atoms with Gasteiger partial charge in [-0.15, -0.1) is 0 Å². The summed E-state index contributed by atoms with van der Waals surface area (Å²) in [5.41, 5.74) is 5.76. The van der Waals surface area contributed by atoms with Crippen molar-refractivity contribution in [3.05, 3.63) is 90.5 Å². The van der Waals surface area contributed by atoms with Gasteiger partial charge in [0.05, 0.1) is 20.1 Å². The van der Waals surface area contributed by atoms with Crippen molar-refractivity contribution >= 4 is 49.6 Å². The lowest BCUT2D eigenvalue weighted by molar-refractivity contribution is -0.385. The summed E-state index contributed by atoms with van der Waals surface area (Å²) in [5.74, 6) is 1.11. The van der Waals surface area contributed by atoms with Crippen LogP contribution in [0.1, 0.15) is 16.7 Å². The first-order chi connectivity index (χ1) is 13.9. The minimum absolute atomic E-state index is 0.0753. The first-order valence-corrected chi connectivity index (χ1v) is 10.1. The van der Waals surface area contributed by atoms with E-state index in [-0.39, 0.29) is 5.69 Å². The van der Waals surface area contributed by atoms with Crippen LogP contribution in [0, 0.1) is 17.0 Å². The van der Waals surface area contributed by atoms with Crippen LogP contribution in [0.4, 0.5) is 11.5 Å². The molecule has 0 saturated carbocycles. The molecule has 148 valence electrons. The highest BCUT2D eigenvalue weighted by Gasteiger charge is 2.09. The molecule has 0 saturated heterocycles. The highest BCUT2D eigenvalue weighted by Crippen LogP contribution is 2.35. The molecule has 2 aromatic carbocycles. The zero-order chi connectivity index (χ0) is 20.8. The number of benzene rings is 2. The number of hydrazone groups is 1. The zero-order valence-electron chi connectivity index (χ0n) is 15.3. The van der Waals surface area contributed by atoms with Gasteiger partial charge >= 0.3 is 0 Å². The van der Waals surface area contributed by atoms with E-state index in [0.717, 1.165) is 20.1 Å². The van der Waals surface area contributed by atoms with Crippen LogP contribution in [0.25, 0.3) is 0 Å². The van der Waals surface area contributed by atoms with Crippen LogP contribution in [0.2, 0.25) is 0 Å². The predicted molar refractivity (Wildman–Crippen MR) is 119 cm³/mol. The summed E-state index contributed by atoms with van der Waals surface area (Å²) in [6, 6.07) is 14.8. The molecule has 1 N–H and O–H groups in total. The summed E-state index contributed by atoms with van der Waals surface area (Å²) < 4.78 is 7.52. The summed E-state index contributed by atoms with van der Waals surface area (Å²) in [4.78, 5) is 14.1. The Bertz CT molecular complexity index is 1030. The second kappa shape index (κ2) is 9.62. The SMILES string of the molecule is Cc1cccc(COc2c(Br)cc(/C=N/Nc3ccc([N+](=O)[O-])cn3)cc2Br)c1. The van der Waals surface area contributed by atoms with E-state index in [2.05, 4.69) is 53.4 Å². The van der Waals surface area contributed by atoms with Gasteiger partial charge in [0.15, 0.2) is 0 Å². The Balaban J connectivity index is 1.65. The van der Waals surface area contributed by atoms with Crippen LogP contribution in [-0.2, 0) is 6.61 Å². The fraction of sp³-hybridized carbons (Fsp3) is 0.100. The van der Waals surface area contributed by atoms with Gasteiger partial charge in [0.2, 0.25) is 0 Å². The number of hydrogen-bond acceptors (Lipinski definition) is 6. The number of nitrogens with one attached hydrogen (secondary N) is 1. The van der Waals surface area contributed by atoms with E-state index in [0.29, 0.717) is 18.2 Å². The Labute approximate surface area is 184 Å². The Morgan fingerprint density at radius 2 is 1.97 bits per heavy atom. The molecule has 3 rings (SSSR count). The number of hydrogen-bond donors (Lipinski definition) is 1. The van der Waals surface area contributed by atoms with Crippen LogP contribution in [0.3, 0.4) is 0 Å². The maximum atomic E-state index is 10.6. The molecule has 3 aromatic rings. The third-order valence-electron chi connectivity index (χ3n) is 3.84. The summed E-state index contributed by atoms with van der Waals surface area (Å²) in [6.45, 7) is 2.50. The number of rotatable bonds is 7. The van der Waals surface area contributed by atoms with Crippen LogP contribution in [0.5, 0.6) is 5.75 Å². The standard InChI is InChI=1S/C20H16Br2N4O3/c1-13-3-2-4-14(7-13)12-29-20-17(21)8-15(9-18(20)22)10-24-25-19-6-5-16(11-23-19)26(27)28/h2-11H,12H2,1H3,(H,23,25)/b24-10+. The minimum Gasteiger partial charge on any atom is -0.487 e. The molecule has 0 spiro atoms. The van der Waals surface area contributed by atoms with Gasteiger partial charge in [0, 0.05) is 6.07 Å². The van der Waals surface area contributed by atoms with E-state index < -0.39 is 4.92 Å². The Morgan fingerprint density at radius 3 is 2.59 bits per heavy atom. The van der Waals surface area contributed by atoms with Gasteiger partial charge in [0.1, 0.15) is 24.4 Å². The smallest absolute Gasteiger partial charge is 0.287 e. The molecule has 9 heteroatoms. The van der Waals surface area contributed by atoms with Crippen molar-refractivity contribution in [3.63, 3.8) is 0 Å². The van der Waals surface area contributed by atoms with Gasteiger partial charge in [-0.05, 0) is 68.1 Å². The average Bonchev–Trinajstić information content (AvgIpc) is 2.68. The number of nitro groups is 1. The highest BCUT2D eigenvalue weighted by molar-refractivity contribution is 9.11. The van der Waals surface area contributed by atoms with Crippen LogP contribution in [0.15, 0.2) is 68.8 Å². The molecule has 0 unspecified atom stereocenters. The van der Waals surface area contributed by atoms with E-state index >= 15 is 0 Å². The van der Waals surface area contributed by atoms with Gasteiger partial charge in [0.25, 0.3) is 5.69 Å². The van der Waals surface area contributed by atoms with Crippen molar-refractivity contribution in [2.24, 2.45) is 5.10 Å². The predicted octanol–water partition coefficient (Wildman–Crippen LogP) is 5.85. The van der Waals surface area contributed by atoms with Gasteiger partial charge in [-0.2, -0.15) is 5.10 Å². The van der Waals surface area contributed by atoms with Gasteiger partial charge in [-0.3, -0.25) is 15.5 Å². The number of pyridine rings is 1. The second-order valence-electron chi connectivity index (χ2n) is 6.12. The van der Waals surface area contributed by atoms with Gasteiger partial charge < -0.3 is 4.74 Å². The third kappa shape index (κ3) is 5.85. The van der Waals surface area contributed by atoms with Crippen molar-refractivity contribution in [3.8, 4) is 5.75 Å². The number of halogens is 2. The fourth-order valence-corrected chi connectivity index (χ4v) is 3.93. The lowest BCUT2D eigenvalue weighted by Gasteiger charge is -2.11. The van der Waals surface area contributed by atoms with E-state index in [4.69, 9.17) is 4.74 Å². The molecule has 0 fully saturated rings. The summed E-state index contributed by atoms with van der Waals surface area (Å²) in [5, 5.41) is 14.8. The van der Waals surface area contributed by atoms with E-state index in [1.807, 2.05) is 37.3 Å². The van der Waals surface area contributed by atoms with Gasteiger partial charge in [-0.25, -0.2) is 4.98 Å². The molecule has 0 radical (unpaired) electrons. The number of anilines is 1. The molecule has 1 heterocycles. The monoisotopic (exact) mass is 518 g/mol. The zero-order valence-corrected chi connectivity index (χ0v) is 18.5. The molecule has 0 amide bonds. The Kier molecular flexibility index (Phi) is 6.95. The lowest BCUT2D eigenvalue weighted by atomic mass is 10.1. The van der Waals surface area contributed by atoms with Crippen molar-refractivity contribution in [2.75, 3.05) is 5.43 Å². The molecule has 0 bridgehead atoms. The lowest BCUT2D eigenvalue weighted by Crippen LogP contribution is -1.98. The maximum Gasteiger partial charge on any atom is 0.287 e. The molecule has 1 aromatic heterocycles. The molecule has 0 aliphatic carbocycles. The first-order valence-electron chi connectivity index (χ1n) is 8.49. The fourth-order valence-electron chi connectivity index (χ4n) is 2.48. The van der Waals surface area contributed by atoms with Crippen molar-refractivity contribution in [1.29, 1.82) is 0 Å². The van der Waals surface area contributed by atoms with E-state index in [9.17, 15) is 10.1 Å². The summed E-state index contributed by atoms with van der Waals surface area (Å²) in [7, 11) is 0. The van der Waals surface area contributed by atoms with E-state index in [1.165, 1.54) is 23.9 Å². The average molecular weight is 520 g/mol. The largest absolute Gasteiger partial charge is 0.487 e. The summed E-state index contributed by atoms with van der Waals surface area (Å²) in [6.07, 6.45) is 2.79. The van der Waals surface area contributed by atoms with Crippen LogP contribution in [-0.4, -0.2) is 16.1 Å². The van der Waals surface area contributed by atoms with Crippen LogP contribution >= 0.6 is 31.9 Å². The van der Waals surface area contributed by atoms with Gasteiger partial charge in [-0.1, -0.05) is 29.8 Å². The molecule has 29 heavy (non-hydrogen) atoms. The topological polar surface area (TPSA) is 89.6 Å². The highest BCUT2D eigenvalue weighted by atomic mass is 79.9. The normalized spacial score (nSPS) is 10.9. The van der Waals surface area contributed by atoms with Crippen molar-refractivity contribution in [2.45, 2.75) is 13.5 Å². The van der Waals surface area contributed by atoms with Crippen molar-refractivity contribution < 1.29 is 9.66 Å². The first kappa shape index (κ1) is 20.9. The maximum absolute atomic E-state index is 10.6. The Hall–Kier alpha value is -2.78. The molecule has 0 aliphatic heterocycles. The number of ether oxygens (including phenoxy) is 1. The number of nitrogens with zero attached hydrogens (tertiary/aromatic N) is 3. The quantitative estimate of drug-likeness (QED) is 0.240. The number of aromatic nitrogens is 1. The molecular formula is C20H16Br2N4O3. The van der Waals surface area contributed by atoms with Crippen molar-refractivity contribution in [1.82, 2.24) is 4.98 Å². The summed E-state index contributed by atoms with van der Waals surface area (Å²) >= 11 is 7.06. The van der Waals surface area contributed by atoms with E-state index in [1.54, 1.807) is 6.21 Å². The Morgan fingerprint density at radius 1 is 1.21 bits per heavy atom. The minimum atomic E-state index is -0.502.